The van der Waals surface area contributed by atoms with Crippen LogP contribution in [-0.2, 0) is 6.42 Å². The van der Waals surface area contributed by atoms with Crippen molar-refractivity contribution in [2.24, 2.45) is 5.11 Å². The van der Waals surface area contributed by atoms with Crippen LogP contribution in [0.2, 0.25) is 0 Å². The molecule has 0 aliphatic carbocycles. The summed E-state index contributed by atoms with van der Waals surface area (Å²) in [6.07, 6.45) is 0.309. The third kappa shape index (κ3) is 1.99. The number of phenols is 3. The molecule has 0 saturated heterocycles. The zero-order valence-corrected chi connectivity index (χ0v) is 7.25. The van der Waals surface area contributed by atoms with Gasteiger partial charge in [-0.3, -0.25) is 0 Å². The predicted octanol–water partition coefficient (Wildman–Crippen LogP) is 1.66. The first-order chi connectivity index (χ1) is 6.66. The van der Waals surface area contributed by atoms with Gasteiger partial charge in [-0.2, -0.15) is 0 Å². The maximum Gasteiger partial charge on any atom is 0.200 e. The lowest BCUT2D eigenvalue weighted by molar-refractivity contribution is 0.365. The molecule has 1 aromatic rings. The minimum absolute atomic E-state index is 0.189. The highest BCUT2D eigenvalue weighted by Gasteiger charge is 2.09. The van der Waals surface area contributed by atoms with Gasteiger partial charge in [0.25, 0.3) is 0 Å². The molecule has 0 saturated carbocycles. The van der Waals surface area contributed by atoms with Crippen LogP contribution >= 0.6 is 0 Å². The van der Waals surface area contributed by atoms with Crippen molar-refractivity contribution in [3.8, 4) is 17.2 Å². The second-order valence-electron chi connectivity index (χ2n) is 2.65. The van der Waals surface area contributed by atoms with Crippen molar-refractivity contribution in [1.29, 1.82) is 0 Å². The average Bonchev–Trinajstić information content (AvgIpc) is 2.18. The highest BCUT2D eigenvalue weighted by Crippen LogP contribution is 2.37. The summed E-state index contributed by atoms with van der Waals surface area (Å²) in [4.78, 5) is 2.55. The fourth-order valence-electron chi connectivity index (χ4n) is 1.03. The van der Waals surface area contributed by atoms with Crippen molar-refractivity contribution >= 4 is 0 Å². The van der Waals surface area contributed by atoms with Gasteiger partial charge in [-0.05, 0) is 23.6 Å². The Hall–Kier alpha value is -2.07. The molecule has 14 heavy (non-hydrogen) atoms. The van der Waals surface area contributed by atoms with Crippen molar-refractivity contribution < 1.29 is 15.3 Å². The Morgan fingerprint density at radius 3 is 2.57 bits per heavy atom. The molecule has 0 radical (unpaired) electrons. The van der Waals surface area contributed by atoms with Crippen LogP contribution in [0, 0.1) is 0 Å². The molecule has 0 bridgehead atoms. The molecule has 0 unspecified atom stereocenters. The highest BCUT2D eigenvalue weighted by atomic mass is 16.3. The summed E-state index contributed by atoms with van der Waals surface area (Å²) in [5, 5.41) is 30.8. The van der Waals surface area contributed by atoms with E-state index in [9.17, 15) is 5.11 Å². The lowest BCUT2D eigenvalue weighted by Gasteiger charge is -2.05. The zero-order chi connectivity index (χ0) is 10.6. The van der Waals surface area contributed by atoms with Crippen LogP contribution in [-0.4, -0.2) is 21.9 Å². The molecular weight excluding hydrogens is 186 g/mol. The quantitative estimate of drug-likeness (QED) is 0.295. The summed E-state index contributed by atoms with van der Waals surface area (Å²) in [5.41, 5.74) is 8.44. The maximum absolute atomic E-state index is 9.33. The van der Waals surface area contributed by atoms with Gasteiger partial charge in [0, 0.05) is 11.5 Å². The van der Waals surface area contributed by atoms with Crippen LogP contribution in [0.15, 0.2) is 17.2 Å². The molecule has 0 amide bonds. The summed E-state index contributed by atoms with van der Waals surface area (Å²) < 4.78 is 0. The molecule has 0 fully saturated rings. The number of benzene rings is 1. The van der Waals surface area contributed by atoms with Crippen LogP contribution in [0.4, 0.5) is 0 Å². The highest BCUT2D eigenvalue weighted by molar-refractivity contribution is 5.53. The topological polar surface area (TPSA) is 109 Å². The molecule has 0 aromatic heterocycles. The van der Waals surface area contributed by atoms with Gasteiger partial charge in [-0.25, -0.2) is 0 Å². The van der Waals surface area contributed by atoms with Gasteiger partial charge >= 0.3 is 0 Å². The van der Waals surface area contributed by atoms with Crippen LogP contribution in [0.3, 0.4) is 0 Å². The van der Waals surface area contributed by atoms with E-state index in [1.165, 1.54) is 12.1 Å². The Morgan fingerprint density at radius 1 is 1.21 bits per heavy atom. The van der Waals surface area contributed by atoms with Gasteiger partial charge in [0.1, 0.15) is 0 Å². The van der Waals surface area contributed by atoms with Crippen molar-refractivity contribution in [3.05, 3.63) is 28.1 Å². The van der Waals surface area contributed by atoms with E-state index in [0.717, 1.165) is 0 Å². The standard InChI is InChI=1S/C8H9N3O3/c9-11-10-4-3-5-1-2-6(12)8(14)7(5)13/h1-2,12-14H,3-4H2. The third-order valence-electron chi connectivity index (χ3n) is 1.76. The number of nitrogens with zero attached hydrogens (tertiary/aromatic N) is 3. The Kier molecular flexibility index (Phi) is 3.04. The van der Waals surface area contributed by atoms with E-state index in [2.05, 4.69) is 10.0 Å². The number of rotatable bonds is 3. The van der Waals surface area contributed by atoms with E-state index in [1.807, 2.05) is 0 Å². The Labute approximate surface area is 79.7 Å². The summed E-state index contributed by atoms with van der Waals surface area (Å²) in [6.45, 7) is 0.189. The monoisotopic (exact) mass is 195 g/mol. The minimum atomic E-state index is -0.552. The number of aromatic hydroxyl groups is 3. The zero-order valence-electron chi connectivity index (χ0n) is 7.25. The molecule has 0 aliphatic rings. The smallest absolute Gasteiger partial charge is 0.200 e. The maximum atomic E-state index is 9.33. The second-order valence-corrected chi connectivity index (χ2v) is 2.65. The first kappa shape index (κ1) is 10.0. The van der Waals surface area contributed by atoms with E-state index in [0.29, 0.717) is 12.0 Å². The Morgan fingerprint density at radius 2 is 1.93 bits per heavy atom. The Bertz CT molecular complexity index is 386. The van der Waals surface area contributed by atoms with Crippen molar-refractivity contribution in [2.75, 3.05) is 6.54 Å². The van der Waals surface area contributed by atoms with E-state index in [1.54, 1.807) is 0 Å². The fraction of sp³-hybridized carbons (Fsp3) is 0.250. The molecule has 0 atom stereocenters. The predicted molar refractivity (Wildman–Crippen MR) is 49.2 cm³/mol. The van der Waals surface area contributed by atoms with Gasteiger partial charge in [0.15, 0.2) is 11.5 Å². The molecule has 74 valence electrons. The normalized spacial score (nSPS) is 9.43. The average molecular weight is 195 g/mol. The third-order valence-corrected chi connectivity index (χ3v) is 1.76. The molecule has 6 nitrogen and oxygen atoms in total. The largest absolute Gasteiger partial charge is 0.504 e. The van der Waals surface area contributed by atoms with Gasteiger partial charge in [0.2, 0.25) is 5.75 Å². The van der Waals surface area contributed by atoms with Crippen LogP contribution < -0.4 is 0 Å². The first-order valence-corrected chi connectivity index (χ1v) is 3.90. The molecule has 1 aromatic carbocycles. The summed E-state index contributed by atoms with van der Waals surface area (Å²) in [7, 11) is 0. The van der Waals surface area contributed by atoms with Crippen molar-refractivity contribution in [2.45, 2.75) is 6.42 Å². The number of hydrogen-bond donors (Lipinski definition) is 3. The summed E-state index contributed by atoms with van der Waals surface area (Å²) in [5.74, 6) is -1.31. The summed E-state index contributed by atoms with van der Waals surface area (Å²) in [6, 6.07) is 2.72. The lowest BCUT2D eigenvalue weighted by atomic mass is 10.1. The SMILES string of the molecule is [N-]=[N+]=NCCc1ccc(O)c(O)c1O. The van der Waals surface area contributed by atoms with E-state index in [-0.39, 0.29) is 18.0 Å². The molecule has 6 heteroatoms. The molecule has 1 rings (SSSR count). The number of azide groups is 1. The molecule has 3 N–H and O–H groups in total. The van der Waals surface area contributed by atoms with E-state index < -0.39 is 5.75 Å². The summed E-state index contributed by atoms with van der Waals surface area (Å²) >= 11 is 0. The van der Waals surface area contributed by atoms with E-state index >= 15 is 0 Å². The van der Waals surface area contributed by atoms with Gasteiger partial charge in [-0.15, -0.1) is 0 Å². The van der Waals surface area contributed by atoms with Crippen molar-refractivity contribution in [1.82, 2.24) is 0 Å². The second kappa shape index (κ2) is 4.25. The minimum Gasteiger partial charge on any atom is -0.504 e. The fourth-order valence-corrected chi connectivity index (χ4v) is 1.03. The molecule has 0 spiro atoms. The molecule has 0 heterocycles. The van der Waals surface area contributed by atoms with E-state index in [4.69, 9.17) is 15.7 Å². The lowest BCUT2D eigenvalue weighted by Crippen LogP contribution is -1.89. The van der Waals surface area contributed by atoms with Crippen LogP contribution in [0.1, 0.15) is 5.56 Å². The van der Waals surface area contributed by atoms with Crippen molar-refractivity contribution in [3.63, 3.8) is 0 Å². The van der Waals surface area contributed by atoms with Crippen LogP contribution in [0.5, 0.6) is 17.2 Å². The van der Waals surface area contributed by atoms with Gasteiger partial charge in [0.05, 0.1) is 0 Å². The van der Waals surface area contributed by atoms with Crippen LogP contribution in [0.25, 0.3) is 10.4 Å². The number of phenolic OH excluding ortho intramolecular Hbond substituents is 3. The number of hydrogen-bond acceptors (Lipinski definition) is 4. The molecular formula is C8H9N3O3. The first-order valence-electron chi connectivity index (χ1n) is 3.90. The Balaban J connectivity index is 2.88. The van der Waals surface area contributed by atoms with Gasteiger partial charge in [-0.1, -0.05) is 11.2 Å². The van der Waals surface area contributed by atoms with Gasteiger partial charge < -0.3 is 15.3 Å². The molecule has 0 aliphatic heterocycles.